The monoisotopic (exact) mass is 492 g/mol. The van der Waals surface area contributed by atoms with Gasteiger partial charge in [0, 0.05) is 50.0 Å². The number of urea groups is 1. The third kappa shape index (κ3) is 4.94. The fourth-order valence-electron chi connectivity index (χ4n) is 4.09. The zero-order chi connectivity index (χ0) is 24.5. The molecule has 0 aliphatic carbocycles. The van der Waals surface area contributed by atoms with Gasteiger partial charge in [0.25, 0.3) is 5.56 Å². The van der Waals surface area contributed by atoms with Gasteiger partial charge in [-0.25, -0.2) is 14.2 Å². The molecular weight excluding hydrogens is 467 g/mol. The Bertz CT molecular complexity index is 1460. The van der Waals surface area contributed by atoms with E-state index in [1.807, 2.05) is 32.0 Å². The van der Waals surface area contributed by atoms with E-state index >= 15 is 0 Å². The zero-order valence-electron chi connectivity index (χ0n) is 19.5. The van der Waals surface area contributed by atoms with Gasteiger partial charge >= 0.3 is 6.03 Å². The minimum atomic E-state index is -0.357. The Morgan fingerprint density at radius 1 is 1.09 bits per heavy atom. The third-order valence-corrected chi connectivity index (χ3v) is 7.22. The van der Waals surface area contributed by atoms with Crippen LogP contribution in [0.25, 0.3) is 15.5 Å². The number of amides is 2. The van der Waals surface area contributed by atoms with E-state index in [1.165, 1.54) is 34.1 Å². The van der Waals surface area contributed by atoms with Gasteiger partial charge in [0.1, 0.15) is 10.8 Å². The number of benzene rings is 2. The van der Waals surface area contributed by atoms with Crippen molar-refractivity contribution in [3.8, 4) is 10.6 Å². The molecule has 2 aromatic carbocycles. The smallest absolute Gasteiger partial charge is 0.321 e. The minimum Gasteiger partial charge on any atom is -0.322 e. The summed E-state index contributed by atoms with van der Waals surface area (Å²) in [5.41, 5.74) is 4.02. The highest BCUT2D eigenvalue weighted by Crippen LogP contribution is 2.25. The number of carbonyl (C=O) groups excluding carboxylic acids is 1. The summed E-state index contributed by atoms with van der Waals surface area (Å²) < 4.78 is 14.8. The SMILES string of the molecule is Cc1cccc(NC(=O)N2CCN(Cc3cc(=O)n4nc(-c5cccc(F)c5)sc4n3)CC2)c1C. The fraction of sp³-hybridized carbons (Fsp3) is 0.280. The van der Waals surface area contributed by atoms with Crippen LogP contribution in [0.5, 0.6) is 0 Å². The van der Waals surface area contributed by atoms with Crippen molar-refractivity contribution in [1.29, 1.82) is 0 Å². The first-order valence-corrected chi connectivity index (χ1v) is 12.2. The summed E-state index contributed by atoms with van der Waals surface area (Å²) in [6, 6.07) is 13.4. The molecule has 0 bridgehead atoms. The molecule has 3 heterocycles. The first-order valence-electron chi connectivity index (χ1n) is 11.4. The first kappa shape index (κ1) is 23.1. The highest BCUT2D eigenvalue weighted by molar-refractivity contribution is 7.19. The third-order valence-electron chi connectivity index (χ3n) is 6.26. The van der Waals surface area contributed by atoms with Gasteiger partial charge in [0.2, 0.25) is 4.96 Å². The van der Waals surface area contributed by atoms with Gasteiger partial charge in [0.15, 0.2) is 0 Å². The maximum Gasteiger partial charge on any atom is 0.321 e. The second kappa shape index (κ2) is 9.55. The summed E-state index contributed by atoms with van der Waals surface area (Å²) >= 11 is 1.25. The number of piperazine rings is 1. The number of halogens is 1. The molecule has 0 atom stereocenters. The van der Waals surface area contributed by atoms with Crippen molar-refractivity contribution in [3.05, 3.63) is 81.5 Å². The number of anilines is 1. The summed E-state index contributed by atoms with van der Waals surface area (Å²) in [7, 11) is 0. The number of carbonyl (C=O) groups is 1. The van der Waals surface area contributed by atoms with E-state index in [2.05, 4.69) is 20.3 Å². The summed E-state index contributed by atoms with van der Waals surface area (Å²) in [6.45, 7) is 7.06. The number of hydrogen-bond donors (Lipinski definition) is 1. The molecule has 180 valence electrons. The van der Waals surface area contributed by atoms with Gasteiger partial charge in [-0.1, -0.05) is 35.6 Å². The number of hydrogen-bond acceptors (Lipinski definition) is 6. The molecule has 1 N–H and O–H groups in total. The molecule has 4 aromatic rings. The molecule has 2 amide bonds. The number of aryl methyl sites for hydroxylation is 1. The van der Waals surface area contributed by atoms with Crippen LogP contribution in [0.2, 0.25) is 0 Å². The van der Waals surface area contributed by atoms with Crippen molar-refractivity contribution in [3.63, 3.8) is 0 Å². The largest absolute Gasteiger partial charge is 0.322 e. The van der Waals surface area contributed by atoms with Crippen LogP contribution in [0, 0.1) is 19.7 Å². The van der Waals surface area contributed by atoms with Gasteiger partial charge < -0.3 is 10.2 Å². The lowest BCUT2D eigenvalue weighted by Gasteiger charge is -2.34. The van der Waals surface area contributed by atoms with Crippen molar-refractivity contribution < 1.29 is 9.18 Å². The molecule has 0 spiro atoms. The molecule has 5 rings (SSSR count). The Hall–Kier alpha value is -3.63. The van der Waals surface area contributed by atoms with Gasteiger partial charge in [-0.15, -0.1) is 0 Å². The van der Waals surface area contributed by atoms with E-state index < -0.39 is 0 Å². The molecule has 1 saturated heterocycles. The Kier molecular flexibility index (Phi) is 6.31. The first-order chi connectivity index (χ1) is 16.9. The highest BCUT2D eigenvalue weighted by Gasteiger charge is 2.22. The van der Waals surface area contributed by atoms with E-state index in [4.69, 9.17) is 0 Å². The lowest BCUT2D eigenvalue weighted by Crippen LogP contribution is -2.49. The molecule has 8 nitrogen and oxygen atoms in total. The van der Waals surface area contributed by atoms with Crippen LogP contribution in [0.4, 0.5) is 14.9 Å². The summed E-state index contributed by atoms with van der Waals surface area (Å²) in [6.07, 6.45) is 0. The molecule has 1 fully saturated rings. The normalized spacial score (nSPS) is 14.4. The molecule has 0 unspecified atom stereocenters. The number of rotatable bonds is 4. The van der Waals surface area contributed by atoms with Crippen LogP contribution in [0.15, 0.2) is 53.3 Å². The number of aromatic nitrogens is 3. The maximum atomic E-state index is 13.6. The van der Waals surface area contributed by atoms with E-state index in [0.29, 0.717) is 53.9 Å². The fourth-order valence-corrected chi connectivity index (χ4v) is 5.01. The molecular formula is C25H25FN6O2S. The quantitative estimate of drug-likeness (QED) is 0.467. The molecule has 35 heavy (non-hydrogen) atoms. The van der Waals surface area contributed by atoms with E-state index in [-0.39, 0.29) is 17.4 Å². The van der Waals surface area contributed by atoms with Crippen LogP contribution in [0.1, 0.15) is 16.8 Å². The predicted molar refractivity (Wildman–Crippen MR) is 134 cm³/mol. The lowest BCUT2D eigenvalue weighted by molar-refractivity contribution is 0.142. The second-order valence-electron chi connectivity index (χ2n) is 8.64. The average Bonchev–Trinajstić information content (AvgIpc) is 3.27. The minimum absolute atomic E-state index is 0.106. The Balaban J connectivity index is 1.24. The lowest BCUT2D eigenvalue weighted by atomic mass is 10.1. The van der Waals surface area contributed by atoms with Crippen molar-refractivity contribution in [2.75, 3.05) is 31.5 Å². The molecule has 0 saturated carbocycles. The number of fused-ring (bicyclic) bond motifs is 1. The van der Waals surface area contributed by atoms with Crippen molar-refractivity contribution >= 4 is 28.0 Å². The van der Waals surface area contributed by atoms with Gasteiger partial charge in [0.05, 0.1) is 5.69 Å². The standard InChI is InChI=1S/C25H25FN6O2S/c1-16-5-3-8-21(17(16)2)28-24(34)31-11-9-30(10-12-31)15-20-14-22(33)32-25(27-20)35-23(29-32)18-6-4-7-19(26)13-18/h3-8,13-14H,9-12,15H2,1-2H3,(H,28,34). The van der Waals surface area contributed by atoms with Crippen LogP contribution < -0.4 is 10.9 Å². The predicted octanol–water partition coefficient (Wildman–Crippen LogP) is 3.92. The molecule has 1 aliphatic heterocycles. The van der Waals surface area contributed by atoms with Gasteiger partial charge in [-0.05, 0) is 43.2 Å². The molecule has 2 aromatic heterocycles. The topological polar surface area (TPSA) is 82.8 Å². The molecule has 1 aliphatic rings. The van der Waals surface area contributed by atoms with E-state index in [9.17, 15) is 14.0 Å². The van der Waals surface area contributed by atoms with Crippen molar-refractivity contribution in [1.82, 2.24) is 24.4 Å². The summed E-state index contributed by atoms with van der Waals surface area (Å²) in [5, 5.41) is 7.87. The second-order valence-corrected chi connectivity index (χ2v) is 9.59. The molecule has 10 heteroatoms. The molecule has 0 radical (unpaired) electrons. The van der Waals surface area contributed by atoms with Gasteiger partial charge in [-0.3, -0.25) is 9.69 Å². The number of nitrogens with one attached hydrogen (secondary N) is 1. The Labute approximate surface area is 205 Å². The van der Waals surface area contributed by atoms with Crippen LogP contribution in [0.3, 0.4) is 0 Å². The summed E-state index contributed by atoms with van der Waals surface area (Å²) in [4.78, 5) is 34.4. The van der Waals surface area contributed by atoms with Crippen LogP contribution in [-0.4, -0.2) is 56.6 Å². The maximum absolute atomic E-state index is 13.6. The van der Waals surface area contributed by atoms with Crippen molar-refractivity contribution in [2.24, 2.45) is 0 Å². The van der Waals surface area contributed by atoms with E-state index in [1.54, 1.807) is 17.0 Å². The van der Waals surface area contributed by atoms with E-state index in [0.717, 1.165) is 16.8 Å². The van der Waals surface area contributed by atoms with Crippen LogP contribution in [-0.2, 0) is 6.54 Å². The van der Waals surface area contributed by atoms with Crippen molar-refractivity contribution in [2.45, 2.75) is 20.4 Å². The highest BCUT2D eigenvalue weighted by atomic mass is 32.1. The number of nitrogens with zero attached hydrogens (tertiary/aromatic N) is 5. The zero-order valence-corrected chi connectivity index (χ0v) is 20.3. The Morgan fingerprint density at radius 2 is 1.86 bits per heavy atom. The average molecular weight is 493 g/mol. The van der Waals surface area contributed by atoms with Gasteiger partial charge in [-0.2, -0.15) is 9.61 Å². The Morgan fingerprint density at radius 3 is 2.63 bits per heavy atom. The summed E-state index contributed by atoms with van der Waals surface area (Å²) in [5.74, 6) is -0.357. The van der Waals surface area contributed by atoms with Crippen LogP contribution >= 0.6 is 11.3 Å².